The lowest BCUT2D eigenvalue weighted by Gasteiger charge is -2.10. The zero-order valence-electron chi connectivity index (χ0n) is 15.3. The molecule has 0 aliphatic carbocycles. The number of H-pyrrole nitrogens is 1. The molecule has 0 spiro atoms. The highest BCUT2D eigenvalue weighted by Gasteiger charge is 2.07. The number of hydrogen-bond acceptors (Lipinski definition) is 3. The third-order valence-corrected chi connectivity index (χ3v) is 4.21. The summed E-state index contributed by atoms with van der Waals surface area (Å²) >= 11 is 0. The molecule has 2 aromatic heterocycles. The topological polar surface area (TPSA) is 78.2 Å². The maximum atomic E-state index is 13.5. The zero-order chi connectivity index (χ0) is 18.5. The minimum Gasteiger partial charge on any atom is -0.444 e. The average Bonchev–Trinajstić information content (AvgIpc) is 3.15. The van der Waals surface area contributed by atoms with E-state index in [1.54, 1.807) is 12.1 Å². The molecule has 0 aliphatic rings. The van der Waals surface area contributed by atoms with Crippen molar-refractivity contribution in [1.29, 1.82) is 0 Å². The number of nitrogens with zero attached hydrogens (tertiary/aromatic N) is 2. The Morgan fingerprint density at radius 3 is 2.88 bits per heavy atom. The van der Waals surface area contributed by atoms with Crippen molar-refractivity contribution in [1.82, 2.24) is 20.6 Å². The zero-order valence-corrected chi connectivity index (χ0v) is 15.3. The quantitative estimate of drug-likeness (QED) is 0.468. The summed E-state index contributed by atoms with van der Waals surface area (Å²) in [4.78, 5) is 12.0. The molecule has 0 bridgehead atoms. The number of fused-ring (bicyclic) bond motifs is 1. The standard InChI is InChI=1S/C19H24FN5O/c1-4-21-19(24-11-18-25-12(2)13(3)26-18)22-8-7-14-10-23-17-6-5-15(20)9-16(14)17/h5-6,9-10,23H,4,7-8,11H2,1-3H3,(H2,21,22,24). The summed E-state index contributed by atoms with van der Waals surface area (Å²) in [6.45, 7) is 7.64. The van der Waals surface area contributed by atoms with Crippen molar-refractivity contribution in [3.05, 3.63) is 53.1 Å². The number of rotatable bonds is 6. The van der Waals surface area contributed by atoms with Gasteiger partial charge in [0.1, 0.15) is 18.1 Å². The summed E-state index contributed by atoms with van der Waals surface area (Å²) in [6.07, 6.45) is 2.68. The summed E-state index contributed by atoms with van der Waals surface area (Å²) in [5, 5.41) is 7.41. The van der Waals surface area contributed by atoms with Gasteiger partial charge in [0, 0.05) is 30.2 Å². The number of aromatic nitrogens is 2. The Bertz CT molecular complexity index is 892. The van der Waals surface area contributed by atoms with E-state index in [-0.39, 0.29) is 5.82 Å². The van der Waals surface area contributed by atoms with Crippen molar-refractivity contribution in [2.24, 2.45) is 4.99 Å². The highest BCUT2D eigenvalue weighted by Crippen LogP contribution is 2.19. The van der Waals surface area contributed by atoms with Crippen molar-refractivity contribution in [3.8, 4) is 0 Å². The van der Waals surface area contributed by atoms with Crippen molar-refractivity contribution in [2.45, 2.75) is 33.7 Å². The van der Waals surface area contributed by atoms with Crippen LogP contribution in [0.4, 0.5) is 4.39 Å². The van der Waals surface area contributed by atoms with Crippen LogP contribution >= 0.6 is 0 Å². The van der Waals surface area contributed by atoms with Crippen molar-refractivity contribution >= 4 is 16.9 Å². The van der Waals surface area contributed by atoms with Crippen LogP contribution in [-0.2, 0) is 13.0 Å². The number of nitrogens with one attached hydrogen (secondary N) is 3. The van der Waals surface area contributed by atoms with E-state index >= 15 is 0 Å². The second-order valence-corrected chi connectivity index (χ2v) is 6.12. The number of guanidine groups is 1. The Hall–Kier alpha value is -2.83. The normalized spacial score (nSPS) is 11.9. The largest absolute Gasteiger partial charge is 0.444 e. The summed E-state index contributed by atoms with van der Waals surface area (Å²) in [5.41, 5.74) is 2.90. The van der Waals surface area contributed by atoms with Gasteiger partial charge in [0.15, 0.2) is 5.96 Å². The van der Waals surface area contributed by atoms with Crippen molar-refractivity contribution < 1.29 is 8.81 Å². The van der Waals surface area contributed by atoms with Crippen LogP contribution in [0.3, 0.4) is 0 Å². The van der Waals surface area contributed by atoms with Gasteiger partial charge in [-0.3, -0.25) is 0 Å². The summed E-state index contributed by atoms with van der Waals surface area (Å²) in [5.74, 6) is 1.90. The molecule has 3 aromatic rings. The van der Waals surface area contributed by atoms with E-state index in [2.05, 4.69) is 25.6 Å². The summed E-state index contributed by atoms with van der Waals surface area (Å²) in [7, 11) is 0. The van der Waals surface area contributed by atoms with Crippen LogP contribution in [0.2, 0.25) is 0 Å². The molecular weight excluding hydrogens is 333 g/mol. The second-order valence-electron chi connectivity index (χ2n) is 6.12. The SMILES string of the molecule is CCNC(=NCc1nc(C)c(C)o1)NCCc1c[nH]c2ccc(F)cc12. The van der Waals surface area contributed by atoms with Gasteiger partial charge < -0.3 is 20.0 Å². The molecule has 0 fully saturated rings. The molecule has 1 aromatic carbocycles. The van der Waals surface area contributed by atoms with Gasteiger partial charge in [0.25, 0.3) is 0 Å². The van der Waals surface area contributed by atoms with Crippen LogP contribution in [0, 0.1) is 19.7 Å². The predicted octanol–water partition coefficient (Wildman–Crippen LogP) is 3.21. The third kappa shape index (κ3) is 4.22. The van der Waals surface area contributed by atoms with Crippen molar-refractivity contribution in [2.75, 3.05) is 13.1 Å². The van der Waals surface area contributed by atoms with Gasteiger partial charge in [-0.25, -0.2) is 14.4 Å². The van der Waals surface area contributed by atoms with Crippen LogP contribution < -0.4 is 10.6 Å². The number of hydrogen-bond donors (Lipinski definition) is 3. The van der Waals surface area contributed by atoms with Crippen LogP contribution in [0.5, 0.6) is 0 Å². The van der Waals surface area contributed by atoms with E-state index in [0.29, 0.717) is 24.9 Å². The molecule has 0 amide bonds. The van der Waals surface area contributed by atoms with E-state index < -0.39 is 0 Å². The fourth-order valence-electron chi connectivity index (χ4n) is 2.77. The molecule has 138 valence electrons. The lowest BCUT2D eigenvalue weighted by atomic mass is 10.1. The minimum absolute atomic E-state index is 0.224. The Kier molecular flexibility index (Phi) is 5.55. The Morgan fingerprint density at radius 1 is 1.31 bits per heavy atom. The molecule has 0 unspecified atom stereocenters. The molecule has 0 radical (unpaired) electrons. The first-order valence-electron chi connectivity index (χ1n) is 8.77. The number of aromatic amines is 1. The molecule has 3 rings (SSSR count). The molecule has 0 saturated carbocycles. The lowest BCUT2D eigenvalue weighted by molar-refractivity contribution is 0.473. The Labute approximate surface area is 151 Å². The molecule has 7 heteroatoms. The molecule has 0 aliphatic heterocycles. The Morgan fingerprint density at radius 2 is 2.15 bits per heavy atom. The number of halogens is 1. The highest BCUT2D eigenvalue weighted by atomic mass is 19.1. The molecular formula is C19H24FN5O. The minimum atomic E-state index is -0.224. The lowest BCUT2D eigenvalue weighted by Crippen LogP contribution is -2.38. The van der Waals surface area contributed by atoms with Gasteiger partial charge in [0.05, 0.1) is 5.69 Å². The maximum Gasteiger partial charge on any atom is 0.216 e. The number of benzene rings is 1. The van der Waals surface area contributed by atoms with E-state index in [0.717, 1.165) is 40.9 Å². The first-order chi connectivity index (χ1) is 12.6. The van der Waals surface area contributed by atoms with E-state index in [1.165, 1.54) is 6.07 Å². The smallest absolute Gasteiger partial charge is 0.216 e. The van der Waals surface area contributed by atoms with Gasteiger partial charge in [-0.05, 0) is 51.0 Å². The van der Waals surface area contributed by atoms with Crippen LogP contribution in [0.15, 0.2) is 33.8 Å². The first kappa shape index (κ1) is 18.0. The highest BCUT2D eigenvalue weighted by molar-refractivity contribution is 5.83. The molecule has 0 saturated heterocycles. The summed E-state index contributed by atoms with van der Waals surface area (Å²) in [6, 6.07) is 4.78. The fourth-order valence-corrected chi connectivity index (χ4v) is 2.77. The molecule has 2 heterocycles. The summed E-state index contributed by atoms with van der Waals surface area (Å²) < 4.78 is 19.0. The van der Waals surface area contributed by atoms with Crippen LogP contribution in [0.1, 0.15) is 29.8 Å². The van der Waals surface area contributed by atoms with Gasteiger partial charge in [-0.1, -0.05) is 0 Å². The van der Waals surface area contributed by atoms with Crippen molar-refractivity contribution in [3.63, 3.8) is 0 Å². The fraction of sp³-hybridized carbons (Fsp3) is 0.368. The number of oxazole rings is 1. The maximum absolute atomic E-state index is 13.5. The monoisotopic (exact) mass is 357 g/mol. The van der Waals surface area contributed by atoms with Crippen LogP contribution in [0.25, 0.3) is 10.9 Å². The number of aryl methyl sites for hydroxylation is 2. The second kappa shape index (κ2) is 8.03. The molecule has 3 N–H and O–H groups in total. The molecule has 0 atom stereocenters. The van der Waals surface area contributed by atoms with E-state index in [4.69, 9.17) is 4.42 Å². The van der Waals surface area contributed by atoms with Gasteiger partial charge >= 0.3 is 0 Å². The van der Waals surface area contributed by atoms with Gasteiger partial charge in [-0.15, -0.1) is 0 Å². The molecule has 6 nitrogen and oxygen atoms in total. The van der Waals surface area contributed by atoms with E-state index in [9.17, 15) is 4.39 Å². The Balaban J connectivity index is 1.61. The predicted molar refractivity (Wildman–Crippen MR) is 101 cm³/mol. The van der Waals surface area contributed by atoms with Crippen LogP contribution in [-0.4, -0.2) is 29.0 Å². The number of aliphatic imine (C=N–C) groups is 1. The van der Waals surface area contributed by atoms with E-state index in [1.807, 2.05) is 27.0 Å². The van der Waals surface area contributed by atoms with Gasteiger partial charge in [0.2, 0.25) is 5.89 Å². The first-order valence-corrected chi connectivity index (χ1v) is 8.77. The van der Waals surface area contributed by atoms with Gasteiger partial charge in [-0.2, -0.15) is 0 Å². The molecule has 26 heavy (non-hydrogen) atoms. The average molecular weight is 357 g/mol. The third-order valence-electron chi connectivity index (χ3n) is 4.21.